The molecule has 0 saturated heterocycles. The third kappa shape index (κ3) is 9.00. The number of guanidine groups is 1. The average molecular weight is 324 g/mol. The van der Waals surface area contributed by atoms with Crippen molar-refractivity contribution in [2.45, 2.75) is 19.9 Å². The fourth-order valence-corrected chi connectivity index (χ4v) is 1.76. The zero-order valence-corrected chi connectivity index (χ0v) is 14.3. The molecule has 7 heteroatoms. The Balaban J connectivity index is 2.26. The number of aromatic nitrogens is 1. The summed E-state index contributed by atoms with van der Waals surface area (Å²) in [6.45, 7) is 6.03. The van der Waals surface area contributed by atoms with Crippen molar-refractivity contribution in [1.82, 2.24) is 15.6 Å². The number of nitrogens with one attached hydrogen (secondary N) is 2. The molecular formula is C16H28N4O3. The molecule has 0 aliphatic carbocycles. The smallest absolute Gasteiger partial charge is 0.213 e. The monoisotopic (exact) mass is 324 g/mol. The van der Waals surface area contributed by atoms with Gasteiger partial charge < -0.3 is 24.8 Å². The van der Waals surface area contributed by atoms with Crippen LogP contribution in [0, 0.1) is 0 Å². The molecule has 0 saturated carbocycles. The molecular weight excluding hydrogens is 296 g/mol. The van der Waals surface area contributed by atoms with E-state index in [0.717, 1.165) is 37.7 Å². The molecule has 1 heterocycles. The van der Waals surface area contributed by atoms with Crippen LogP contribution >= 0.6 is 0 Å². The highest BCUT2D eigenvalue weighted by Crippen LogP contribution is 2.07. The van der Waals surface area contributed by atoms with Gasteiger partial charge in [0.2, 0.25) is 5.88 Å². The van der Waals surface area contributed by atoms with Crippen molar-refractivity contribution in [3.05, 3.63) is 23.9 Å². The summed E-state index contributed by atoms with van der Waals surface area (Å²) >= 11 is 0. The Morgan fingerprint density at radius 3 is 2.74 bits per heavy atom. The minimum Gasteiger partial charge on any atom is -0.475 e. The molecule has 0 aliphatic rings. The Hall–Kier alpha value is -1.86. The Kier molecular flexibility index (Phi) is 10.6. The summed E-state index contributed by atoms with van der Waals surface area (Å²) in [6.07, 6.45) is 2.74. The predicted octanol–water partition coefficient (Wildman–Crippen LogP) is 1.20. The predicted molar refractivity (Wildman–Crippen MR) is 90.9 cm³/mol. The van der Waals surface area contributed by atoms with Gasteiger partial charge in [-0.15, -0.1) is 0 Å². The highest BCUT2D eigenvalue weighted by Gasteiger charge is 2.00. The van der Waals surface area contributed by atoms with E-state index in [1.165, 1.54) is 0 Å². The zero-order valence-electron chi connectivity index (χ0n) is 14.3. The van der Waals surface area contributed by atoms with Gasteiger partial charge >= 0.3 is 0 Å². The van der Waals surface area contributed by atoms with E-state index in [2.05, 4.69) is 20.6 Å². The van der Waals surface area contributed by atoms with Crippen molar-refractivity contribution in [3.8, 4) is 5.88 Å². The first-order chi connectivity index (χ1) is 11.3. The molecule has 1 aromatic heterocycles. The van der Waals surface area contributed by atoms with E-state index in [1.54, 1.807) is 20.4 Å². The number of hydrogen-bond acceptors (Lipinski definition) is 5. The van der Waals surface area contributed by atoms with Gasteiger partial charge in [-0.1, -0.05) is 6.07 Å². The number of aliphatic imine (C=N–C) groups is 1. The molecule has 130 valence electrons. The molecule has 0 amide bonds. The van der Waals surface area contributed by atoms with Crippen molar-refractivity contribution in [2.75, 3.05) is 47.1 Å². The van der Waals surface area contributed by atoms with Crippen LogP contribution in [0.4, 0.5) is 0 Å². The third-order valence-corrected chi connectivity index (χ3v) is 2.98. The van der Waals surface area contributed by atoms with E-state index in [1.807, 2.05) is 19.1 Å². The number of pyridine rings is 1. The van der Waals surface area contributed by atoms with Gasteiger partial charge in [-0.25, -0.2) is 4.98 Å². The van der Waals surface area contributed by atoms with E-state index < -0.39 is 0 Å². The number of nitrogens with zero attached hydrogens (tertiary/aromatic N) is 2. The average Bonchev–Trinajstić information content (AvgIpc) is 2.59. The van der Waals surface area contributed by atoms with E-state index in [-0.39, 0.29) is 0 Å². The highest BCUT2D eigenvalue weighted by atomic mass is 16.5. The van der Waals surface area contributed by atoms with Crippen molar-refractivity contribution in [2.24, 2.45) is 4.99 Å². The van der Waals surface area contributed by atoms with Crippen molar-refractivity contribution < 1.29 is 14.2 Å². The number of rotatable bonds is 11. The van der Waals surface area contributed by atoms with Gasteiger partial charge in [-0.3, -0.25) is 4.99 Å². The maximum Gasteiger partial charge on any atom is 0.213 e. The molecule has 0 radical (unpaired) electrons. The van der Waals surface area contributed by atoms with E-state index in [4.69, 9.17) is 14.2 Å². The first kappa shape index (κ1) is 19.2. The number of methoxy groups -OCH3 is 1. The van der Waals surface area contributed by atoms with Crippen LogP contribution in [0.1, 0.15) is 18.9 Å². The van der Waals surface area contributed by atoms with Crippen LogP contribution in [0.5, 0.6) is 5.88 Å². The molecule has 1 rings (SSSR count). The van der Waals surface area contributed by atoms with Crippen LogP contribution in [0.25, 0.3) is 0 Å². The molecule has 23 heavy (non-hydrogen) atoms. The second kappa shape index (κ2) is 12.7. The Bertz CT molecular complexity index is 437. The molecule has 1 aromatic rings. The summed E-state index contributed by atoms with van der Waals surface area (Å²) < 4.78 is 15.7. The standard InChI is InChI=1S/C16H28N4O3/c1-4-22-9-5-8-18-16(17-2)20-13-14-6-7-15(19-12-14)23-11-10-21-3/h6-7,12H,4-5,8-11,13H2,1-3H3,(H2,17,18,20). The first-order valence-electron chi connectivity index (χ1n) is 7.89. The van der Waals surface area contributed by atoms with Gasteiger partial charge in [0, 0.05) is 52.7 Å². The molecule has 0 fully saturated rings. The van der Waals surface area contributed by atoms with Gasteiger partial charge in [-0.2, -0.15) is 0 Å². The van der Waals surface area contributed by atoms with Gasteiger partial charge in [0.25, 0.3) is 0 Å². The van der Waals surface area contributed by atoms with Crippen LogP contribution in [-0.2, 0) is 16.0 Å². The minimum absolute atomic E-state index is 0.499. The van der Waals surface area contributed by atoms with E-state index in [0.29, 0.717) is 25.6 Å². The molecule has 0 spiro atoms. The van der Waals surface area contributed by atoms with Crippen molar-refractivity contribution in [1.29, 1.82) is 0 Å². The molecule has 2 N–H and O–H groups in total. The van der Waals surface area contributed by atoms with E-state index in [9.17, 15) is 0 Å². The normalized spacial score (nSPS) is 11.3. The SMILES string of the molecule is CCOCCCNC(=NC)NCc1ccc(OCCOC)nc1. The van der Waals surface area contributed by atoms with Crippen molar-refractivity contribution in [3.63, 3.8) is 0 Å². The molecule has 0 aliphatic heterocycles. The lowest BCUT2D eigenvalue weighted by Gasteiger charge is -2.12. The lowest BCUT2D eigenvalue weighted by molar-refractivity contribution is 0.143. The lowest BCUT2D eigenvalue weighted by atomic mass is 10.3. The van der Waals surface area contributed by atoms with Crippen LogP contribution in [0.3, 0.4) is 0 Å². The first-order valence-corrected chi connectivity index (χ1v) is 7.89. The molecule has 0 unspecified atom stereocenters. The van der Waals surface area contributed by atoms with Gasteiger partial charge in [-0.05, 0) is 18.9 Å². The van der Waals surface area contributed by atoms with Crippen LogP contribution in [-0.4, -0.2) is 58.1 Å². The Morgan fingerprint density at radius 1 is 1.22 bits per heavy atom. The van der Waals surface area contributed by atoms with Crippen LogP contribution < -0.4 is 15.4 Å². The van der Waals surface area contributed by atoms with E-state index >= 15 is 0 Å². The lowest BCUT2D eigenvalue weighted by Crippen LogP contribution is -2.37. The zero-order chi connectivity index (χ0) is 16.8. The maximum absolute atomic E-state index is 5.43. The van der Waals surface area contributed by atoms with Crippen LogP contribution in [0.2, 0.25) is 0 Å². The summed E-state index contributed by atoms with van der Waals surface area (Å²) in [4.78, 5) is 8.44. The van der Waals surface area contributed by atoms with Gasteiger partial charge in [0.1, 0.15) is 6.61 Å². The largest absolute Gasteiger partial charge is 0.475 e. The van der Waals surface area contributed by atoms with Gasteiger partial charge in [0.15, 0.2) is 5.96 Å². The fourth-order valence-electron chi connectivity index (χ4n) is 1.76. The number of hydrogen-bond donors (Lipinski definition) is 2. The molecule has 0 aromatic carbocycles. The second-order valence-corrected chi connectivity index (χ2v) is 4.75. The van der Waals surface area contributed by atoms with Crippen molar-refractivity contribution >= 4 is 5.96 Å². The second-order valence-electron chi connectivity index (χ2n) is 4.75. The highest BCUT2D eigenvalue weighted by molar-refractivity contribution is 5.79. The van der Waals surface area contributed by atoms with Crippen LogP contribution in [0.15, 0.2) is 23.3 Å². The quantitative estimate of drug-likeness (QED) is 0.362. The molecule has 0 bridgehead atoms. The molecule has 0 atom stereocenters. The topological polar surface area (TPSA) is 77.0 Å². The summed E-state index contributed by atoms with van der Waals surface area (Å²) in [5.41, 5.74) is 1.06. The van der Waals surface area contributed by atoms with Gasteiger partial charge in [0.05, 0.1) is 6.61 Å². The Morgan fingerprint density at radius 2 is 2.09 bits per heavy atom. The minimum atomic E-state index is 0.499. The summed E-state index contributed by atoms with van der Waals surface area (Å²) in [5, 5.41) is 6.49. The summed E-state index contributed by atoms with van der Waals surface area (Å²) in [6, 6.07) is 3.83. The maximum atomic E-state index is 5.43. The Labute approximate surface area is 138 Å². The number of ether oxygens (including phenoxy) is 3. The molecule has 7 nitrogen and oxygen atoms in total. The third-order valence-electron chi connectivity index (χ3n) is 2.98. The summed E-state index contributed by atoms with van der Waals surface area (Å²) in [5.74, 6) is 1.37. The fraction of sp³-hybridized carbons (Fsp3) is 0.625. The summed E-state index contributed by atoms with van der Waals surface area (Å²) in [7, 11) is 3.40.